The highest BCUT2D eigenvalue weighted by atomic mass is 16.5. The van der Waals surface area contributed by atoms with E-state index in [2.05, 4.69) is 31.0 Å². The highest BCUT2D eigenvalue weighted by Gasteiger charge is 2.26. The minimum absolute atomic E-state index is 0.0985. The molecule has 0 spiro atoms. The predicted molar refractivity (Wildman–Crippen MR) is 82.8 cm³/mol. The van der Waals surface area contributed by atoms with Gasteiger partial charge in [-0.3, -0.25) is 4.79 Å². The number of nitrogens with zero attached hydrogens (tertiary/aromatic N) is 1. The van der Waals surface area contributed by atoms with Crippen molar-refractivity contribution in [3.63, 3.8) is 0 Å². The number of carbonyl (C=O) groups is 1. The Morgan fingerprint density at radius 1 is 1.40 bits per heavy atom. The van der Waals surface area contributed by atoms with Crippen molar-refractivity contribution < 1.29 is 9.53 Å². The average molecular weight is 284 g/mol. The van der Waals surface area contributed by atoms with Crippen LogP contribution in [0.5, 0.6) is 0 Å². The van der Waals surface area contributed by atoms with E-state index in [4.69, 9.17) is 4.74 Å². The molecular weight excluding hydrogens is 252 g/mol. The van der Waals surface area contributed by atoms with Crippen molar-refractivity contribution in [2.45, 2.75) is 65.5 Å². The zero-order valence-electron chi connectivity index (χ0n) is 13.7. The number of ether oxygens (including phenoxy) is 1. The molecule has 118 valence electrons. The zero-order chi connectivity index (χ0) is 15.0. The summed E-state index contributed by atoms with van der Waals surface area (Å²) < 4.78 is 5.17. The van der Waals surface area contributed by atoms with Gasteiger partial charge in [0.2, 0.25) is 0 Å². The maximum atomic E-state index is 12.0. The highest BCUT2D eigenvalue weighted by molar-refractivity contribution is 5.75. The maximum Gasteiger partial charge on any atom is 0.323 e. The van der Waals surface area contributed by atoms with Crippen molar-refractivity contribution in [3.8, 4) is 0 Å². The Balaban J connectivity index is 2.45. The third kappa shape index (κ3) is 5.41. The normalized spacial score (nSPS) is 25.4. The standard InChI is InChI=1S/C16H32N2O2/c1-5-10-17-15(16(19)20-6-2)9-12-18-11-7-8-13(3)14(18)4/h13-15,17H,5-12H2,1-4H3. The van der Waals surface area contributed by atoms with Crippen LogP contribution in [0, 0.1) is 5.92 Å². The fourth-order valence-corrected chi connectivity index (χ4v) is 2.90. The average Bonchev–Trinajstić information content (AvgIpc) is 2.43. The molecular formula is C16H32N2O2. The van der Waals surface area contributed by atoms with Gasteiger partial charge in [0.15, 0.2) is 0 Å². The van der Waals surface area contributed by atoms with Crippen LogP contribution in [0.1, 0.15) is 53.4 Å². The molecule has 1 aliphatic rings. The first-order valence-corrected chi connectivity index (χ1v) is 8.24. The van der Waals surface area contributed by atoms with E-state index in [-0.39, 0.29) is 12.0 Å². The van der Waals surface area contributed by atoms with Gasteiger partial charge in [-0.05, 0) is 58.5 Å². The van der Waals surface area contributed by atoms with Gasteiger partial charge < -0.3 is 15.0 Å². The van der Waals surface area contributed by atoms with Gasteiger partial charge in [-0.2, -0.15) is 0 Å². The number of esters is 1. The van der Waals surface area contributed by atoms with Crippen LogP contribution in [0.15, 0.2) is 0 Å². The van der Waals surface area contributed by atoms with Crippen LogP contribution in [-0.2, 0) is 9.53 Å². The van der Waals surface area contributed by atoms with Crippen molar-refractivity contribution in [1.29, 1.82) is 0 Å². The van der Waals surface area contributed by atoms with Crippen molar-refractivity contribution in [2.24, 2.45) is 5.92 Å². The molecule has 4 nitrogen and oxygen atoms in total. The first kappa shape index (κ1) is 17.4. The molecule has 1 saturated heterocycles. The topological polar surface area (TPSA) is 41.6 Å². The Bertz CT molecular complexity index is 284. The summed E-state index contributed by atoms with van der Waals surface area (Å²) in [7, 11) is 0. The smallest absolute Gasteiger partial charge is 0.323 e. The number of hydrogen-bond donors (Lipinski definition) is 1. The number of nitrogens with one attached hydrogen (secondary N) is 1. The van der Waals surface area contributed by atoms with Crippen LogP contribution in [0.2, 0.25) is 0 Å². The molecule has 1 N–H and O–H groups in total. The molecule has 1 aliphatic heterocycles. The lowest BCUT2D eigenvalue weighted by Gasteiger charge is -2.38. The number of hydrogen-bond acceptors (Lipinski definition) is 4. The summed E-state index contributed by atoms with van der Waals surface area (Å²) >= 11 is 0. The zero-order valence-corrected chi connectivity index (χ0v) is 13.7. The molecule has 3 unspecified atom stereocenters. The first-order chi connectivity index (χ1) is 9.60. The summed E-state index contributed by atoms with van der Waals surface area (Å²) in [5.74, 6) is 0.659. The Morgan fingerprint density at radius 3 is 2.80 bits per heavy atom. The SMILES string of the molecule is CCCNC(CCN1CCCC(C)C1C)C(=O)OCC. The van der Waals surface area contributed by atoms with Crippen molar-refractivity contribution in [2.75, 3.05) is 26.2 Å². The van der Waals surface area contributed by atoms with Gasteiger partial charge in [0, 0.05) is 12.6 Å². The molecule has 0 aromatic carbocycles. The van der Waals surface area contributed by atoms with E-state index in [1.54, 1.807) is 0 Å². The number of rotatable bonds is 8. The van der Waals surface area contributed by atoms with Gasteiger partial charge >= 0.3 is 5.97 Å². The van der Waals surface area contributed by atoms with E-state index in [1.807, 2.05) is 6.92 Å². The lowest BCUT2D eigenvalue weighted by molar-refractivity contribution is -0.146. The second-order valence-corrected chi connectivity index (χ2v) is 5.94. The molecule has 3 atom stereocenters. The molecule has 1 fully saturated rings. The fraction of sp³-hybridized carbons (Fsp3) is 0.938. The van der Waals surface area contributed by atoms with Gasteiger partial charge in [0.25, 0.3) is 0 Å². The molecule has 1 rings (SSSR count). The van der Waals surface area contributed by atoms with E-state index in [0.29, 0.717) is 12.6 Å². The molecule has 0 aromatic rings. The molecule has 1 heterocycles. The monoisotopic (exact) mass is 284 g/mol. The van der Waals surface area contributed by atoms with Gasteiger partial charge in [-0.15, -0.1) is 0 Å². The maximum absolute atomic E-state index is 12.0. The van der Waals surface area contributed by atoms with Crippen LogP contribution in [0.3, 0.4) is 0 Å². The molecule has 20 heavy (non-hydrogen) atoms. The van der Waals surface area contributed by atoms with Crippen molar-refractivity contribution in [1.82, 2.24) is 10.2 Å². The largest absolute Gasteiger partial charge is 0.465 e. The highest BCUT2D eigenvalue weighted by Crippen LogP contribution is 2.23. The lowest BCUT2D eigenvalue weighted by atomic mass is 9.92. The van der Waals surface area contributed by atoms with Crippen LogP contribution >= 0.6 is 0 Å². The number of likely N-dealkylation sites (tertiary alicyclic amines) is 1. The van der Waals surface area contributed by atoms with Gasteiger partial charge in [0.1, 0.15) is 6.04 Å². The minimum atomic E-state index is -0.153. The molecule has 0 radical (unpaired) electrons. The predicted octanol–water partition coefficient (Wildman–Crippen LogP) is 2.43. The van der Waals surface area contributed by atoms with E-state index in [9.17, 15) is 4.79 Å². The Kier molecular flexibility index (Phi) is 8.15. The third-order valence-corrected chi connectivity index (χ3v) is 4.42. The summed E-state index contributed by atoms with van der Waals surface area (Å²) in [6.45, 7) is 12.1. The second-order valence-electron chi connectivity index (χ2n) is 5.94. The summed E-state index contributed by atoms with van der Waals surface area (Å²) in [6, 6.07) is 0.470. The van der Waals surface area contributed by atoms with E-state index >= 15 is 0 Å². The van der Waals surface area contributed by atoms with Crippen LogP contribution < -0.4 is 5.32 Å². The Labute approximate surface area is 124 Å². The summed E-state index contributed by atoms with van der Waals surface area (Å²) in [5, 5.41) is 3.32. The van der Waals surface area contributed by atoms with Crippen molar-refractivity contribution in [3.05, 3.63) is 0 Å². The second kappa shape index (κ2) is 9.35. The van der Waals surface area contributed by atoms with Crippen molar-refractivity contribution >= 4 is 5.97 Å². The summed E-state index contributed by atoms with van der Waals surface area (Å²) in [6.07, 6.45) is 4.48. The van der Waals surface area contributed by atoms with Crippen LogP contribution in [0.4, 0.5) is 0 Å². The summed E-state index contributed by atoms with van der Waals surface area (Å²) in [5.41, 5.74) is 0. The Hall–Kier alpha value is -0.610. The number of carbonyl (C=O) groups excluding carboxylic acids is 1. The first-order valence-electron chi connectivity index (χ1n) is 8.24. The third-order valence-electron chi connectivity index (χ3n) is 4.42. The molecule has 0 aromatic heterocycles. The Morgan fingerprint density at radius 2 is 2.15 bits per heavy atom. The molecule has 0 bridgehead atoms. The van der Waals surface area contributed by atoms with E-state index < -0.39 is 0 Å². The molecule has 0 aliphatic carbocycles. The minimum Gasteiger partial charge on any atom is -0.465 e. The van der Waals surface area contributed by atoms with Crippen LogP contribution in [-0.4, -0.2) is 49.2 Å². The van der Waals surface area contributed by atoms with Gasteiger partial charge in [-0.25, -0.2) is 0 Å². The number of piperidine rings is 1. The quantitative estimate of drug-likeness (QED) is 0.695. The molecule has 0 saturated carbocycles. The van der Waals surface area contributed by atoms with Crippen LogP contribution in [0.25, 0.3) is 0 Å². The lowest BCUT2D eigenvalue weighted by Crippen LogP contribution is -2.46. The summed E-state index contributed by atoms with van der Waals surface area (Å²) in [4.78, 5) is 14.5. The molecule has 0 amide bonds. The van der Waals surface area contributed by atoms with Gasteiger partial charge in [0.05, 0.1) is 6.61 Å². The van der Waals surface area contributed by atoms with E-state index in [1.165, 1.54) is 12.8 Å². The molecule has 4 heteroatoms. The fourth-order valence-electron chi connectivity index (χ4n) is 2.90. The van der Waals surface area contributed by atoms with E-state index in [0.717, 1.165) is 38.4 Å². The van der Waals surface area contributed by atoms with Gasteiger partial charge in [-0.1, -0.05) is 13.8 Å².